The fourth-order valence-corrected chi connectivity index (χ4v) is 2.01. The standard InChI is InChI=1S/C12H18ClNO2/c1-7-9(5-6-14-3)11(15)12(16-4)8(2)10(7)13/h14-15H,5-6H2,1-4H3. The number of hydrogen-bond acceptors (Lipinski definition) is 3. The van der Waals surface area contributed by atoms with Gasteiger partial charge in [-0.1, -0.05) is 11.6 Å². The van der Waals surface area contributed by atoms with E-state index in [0.717, 1.165) is 29.7 Å². The number of rotatable bonds is 4. The zero-order valence-electron chi connectivity index (χ0n) is 10.1. The van der Waals surface area contributed by atoms with Gasteiger partial charge in [0, 0.05) is 11.1 Å². The van der Waals surface area contributed by atoms with Gasteiger partial charge >= 0.3 is 0 Å². The average Bonchev–Trinajstić information content (AvgIpc) is 2.27. The quantitative estimate of drug-likeness (QED) is 0.854. The topological polar surface area (TPSA) is 41.5 Å². The van der Waals surface area contributed by atoms with Gasteiger partial charge in [-0.05, 0) is 39.4 Å². The fourth-order valence-electron chi connectivity index (χ4n) is 1.81. The van der Waals surface area contributed by atoms with Crippen molar-refractivity contribution in [1.29, 1.82) is 0 Å². The molecule has 0 aliphatic carbocycles. The molecule has 0 radical (unpaired) electrons. The molecule has 3 nitrogen and oxygen atoms in total. The summed E-state index contributed by atoms with van der Waals surface area (Å²) in [7, 11) is 3.41. The molecule has 0 heterocycles. The van der Waals surface area contributed by atoms with Crippen LogP contribution in [-0.2, 0) is 6.42 Å². The van der Waals surface area contributed by atoms with E-state index in [1.165, 1.54) is 7.11 Å². The van der Waals surface area contributed by atoms with Gasteiger partial charge in [0.15, 0.2) is 11.5 Å². The maximum Gasteiger partial charge on any atom is 0.165 e. The summed E-state index contributed by atoms with van der Waals surface area (Å²) in [4.78, 5) is 0. The number of phenolic OH excluding ortho intramolecular Hbond substituents is 1. The van der Waals surface area contributed by atoms with Gasteiger partial charge in [0.25, 0.3) is 0 Å². The molecule has 16 heavy (non-hydrogen) atoms. The van der Waals surface area contributed by atoms with Gasteiger partial charge in [0.1, 0.15) is 0 Å². The summed E-state index contributed by atoms with van der Waals surface area (Å²) in [5.74, 6) is 0.679. The van der Waals surface area contributed by atoms with E-state index in [1.807, 2.05) is 20.9 Å². The summed E-state index contributed by atoms with van der Waals surface area (Å²) < 4.78 is 5.18. The molecular formula is C12H18ClNO2. The SMILES string of the molecule is CNCCc1c(C)c(Cl)c(C)c(OC)c1O. The minimum atomic E-state index is 0.206. The van der Waals surface area contributed by atoms with Crippen molar-refractivity contribution in [2.45, 2.75) is 20.3 Å². The van der Waals surface area contributed by atoms with Crippen LogP contribution in [0.2, 0.25) is 5.02 Å². The lowest BCUT2D eigenvalue weighted by atomic mass is 10.00. The van der Waals surface area contributed by atoms with Gasteiger partial charge in [-0.15, -0.1) is 0 Å². The van der Waals surface area contributed by atoms with Crippen LogP contribution >= 0.6 is 11.6 Å². The molecule has 1 aromatic rings. The summed E-state index contributed by atoms with van der Waals surface area (Å²) in [6, 6.07) is 0. The van der Waals surface area contributed by atoms with Gasteiger partial charge in [0.2, 0.25) is 0 Å². The number of halogens is 1. The molecule has 0 amide bonds. The second-order valence-corrected chi connectivity index (χ2v) is 4.16. The van der Waals surface area contributed by atoms with E-state index in [9.17, 15) is 5.11 Å². The number of likely N-dealkylation sites (N-methyl/N-ethyl adjacent to an activating group) is 1. The Morgan fingerprint density at radius 1 is 1.31 bits per heavy atom. The van der Waals surface area contributed by atoms with E-state index in [0.29, 0.717) is 10.8 Å². The largest absolute Gasteiger partial charge is 0.504 e. The summed E-state index contributed by atoms with van der Waals surface area (Å²) in [5.41, 5.74) is 2.56. The molecule has 0 fully saturated rings. The predicted octanol–water partition coefficient (Wildman–Crippen LogP) is 2.43. The molecule has 0 unspecified atom stereocenters. The number of phenols is 1. The lowest BCUT2D eigenvalue weighted by Gasteiger charge is -2.16. The second-order valence-electron chi connectivity index (χ2n) is 3.78. The predicted molar refractivity (Wildman–Crippen MR) is 66.8 cm³/mol. The van der Waals surface area contributed by atoms with Crippen molar-refractivity contribution in [3.05, 3.63) is 21.7 Å². The Labute approximate surface area is 101 Å². The highest BCUT2D eigenvalue weighted by Crippen LogP contribution is 2.41. The molecule has 0 saturated carbocycles. The third kappa shape index (κ3) is 2.25. The van der Waals surface area contributed by atoms with Crippen molar-refractivity contribution in [2.24, 2.45) is 0 Å². The molecule has 0 spiro atoms. The van der Waals surface area contributed by atoms with Crippen LogP contribution in [-0.4, -0.2) is 25.8 Å². The van der Waals surface area contributed by atoms with Crippen molar-refractivity contribution in [3.63, 3.8) is 0 Å². The molecule has 0 aliphatic heterocycles. The van der Waals surface area contributed by atoms with E-state index in [1.54, 1.807) is 0 Å². The summed E-state index contributed by atoms with van der Waals surface area (Å²) >= 11 is 6.21. The van der Waals surface area contributed by atoms with Crippen LogP contribution in [0.25, 0.3) is 0 Å². The van der Waals surface area contributed by atoms with Gasteiger partial charge in [-0.25, -0.2) is 0 Å². The van der Waals surface area contributed by atoms with Crippen molar-refractivity contribution >= 4 is 11.6 Å². The van der Waals surface area contributed by atoms with E-state index in [4.69, 9.17) is 16.3 Å². The smallest absolute Gasteiger partial charge is 0.165 e. The van der Waals surface area contributed by atoms with Crippen molar-refractivity contribution < 1.29 is 9.84 Å². The zero-order chi connectivity index (χ0) is 12.3. The number of benzene rings is 1. The average molecular weight is 244 g/mol. The Morgan fingerprint density at radius 2 is 1.94 bits per heavy atom. The Bertz CT molecular complexity index is 391. The second kappa shape index (κ2) is 5.41. The fraction of sp³-hybridized carbons (Fsp3) is 0.500. The van der Waals surface area contributed by atoms with E-state index in [-0.39, 0.29) is 5.75 Å². The first-order valence-corrected chi connectivity index (χ1v) is 5.61. The van der Waals surface area contributed by atoms with Gasteiger partial charge in [-0.3, -0.25) is 0 Å². The Morgan fingerprint density at radius 3 is 2.44 bits per heavy atom. The van der Waals surface area contributed by atoms with Crippen molar-refractivity contribution in [3.8, 4) is 11.5 Å². The molecule has 90 valence electrons. The highest BCUT2D eigenvalue weighted by atomic mass is 35.5. The molecule has 1 aromatic carbocycles. The van der Waals surface area contributed by atoms with E-state index in [2.05, 4.69) is 5.32 Å². The molecule has 0 bridgehead atoms. The number of aromatic hydroxyl groups is 1. The third-order valence-corrected chi connectivity index (χ3v) is 3.35. The third-order valence-electron chi connectivity index (χ3n) is 2.78. The summed E-state index contributed by atoms with van der Waals surface area (Å²) in [5, 5.41) is 13.8. The highest BCUT2D eigenvalue weighted by molar-refractivity contribution is 6.32. The Balaban J connectivity index is 3.31. The molecular weight excluding hydrogens is 226 g/mol. The molecule has 0 aromatic heterocycles. The molecule has 0 saturated heterocycles. The monoisotopic (exact) mass is 243 g/mol. The normalized spacial score (nSPS) is 10.6. The number of hydrogen-bond donors (Lipinski definition) is 2. The Kier molecular flexibility index (Phi) is 4.44. The summed E-state index contributed by atoms with van der Waals surface area (Å²) in [6.07, 6.45) is 0.727. The van der Waals surface area contributed by atoms with Gasteiger partial charge in [-0.2, -0.15) is 0 Å². The van der Waals surface area contributed by atoms with Crippen molar-refractivity contribution in [2.75, 3.05) is 20.7 Å². The van der Waals surface area contributed by atoms with Crippen LogP contribution in [0.5, 0.6) is 11.5 Å². The van der Waals surface area contributed by atoms with E-state index >= 15 is 0 Å². The zero-order valence-corrected chi connectivity index (χ0v) is 10.9. The number of nitrogens with one attached hydrogen (secondary N) is 1. The molecule has 1 rings (SSSR count). The van der Waals surface area contributed by atoms with Crippen LogP contribution in [0.15, 0.2) is 0 Å². The van der Waals surface area contributed by atoms with Crippen molar-refractivity contribution in [1.82, 2.24) is 5.32 Å². The van der Waals surface area contributed by atoms with Gasteiger partial charge in [0.05, 0.1) is 12.1 Å². The van der Waals surface area contributed by atoms with Crippen LogP contribution < -0.4 is 10.1 Å². The molecule has 4 heteroatoms. The minimum absolute atomic E-state index is 0.206. The highest BCUT2D eigenvalue weighted by Gasteiger charge is 2.18. The van der Waals surface area contributed by atoms with Gasteiger partial charge < -0.3 is 15.2 Å². The van der Waals surface area contributed by atoms with Crippen LogP contribution in [0.3, 0.4) is 0 Å². The van der Waals surface area contributed by atoms with Crippen LogP contribution in [0, 0.1) is 13.8 Å². The molecule has 0 atom stereocenters. The maximum atomic E-state index is 10.1. The Hall–Kier alpha value is -0.930. The first-order chi connectivity index (χ1) is 7.54. The first-order valence-electron chi connectivity index (χ1n) is 5.23. The molecule has 2 N–H and O–H groups in total. The van der Waals surface area contributed by atoms with E-state index < -0.39 is 0 Å². The lowest BCUT2D eigenvalue weighted by Crippen LogP contribution is -2.11. The van der Waals surface area contributed by atoms with Crippen LogP contribution in [0.1, 0.15) is 16.7 Å². The maximum absolute atomic E-state index is 10.1. The number of methoxy groups -OCH3 is 1. The van der Waals surface area contributed by atoms with Crippen LogP contribution in [0.4, 0.5) is 0 Å². The first kappa shape index (κ1) is 13.1. The number of ether oxygens (including phenoxy) is 1. The minimum Gasteiger partial charge on any atom is -0.504 e. The summed E-state index contributed by atoms with van der Waals surface area (Å²) in [6.45, 7) is 4.55. The molecule has 0 aliphatic rings. The lowest BCUT2D eigenvalue weighted by molar-refractivity contribution is 0.367.